The number of hydrogen-bond acceptors (Lipinski definition) is 2. The fourth-order valence-corrected chi connectivity index (χ4v) is 1.99. The molecule has 2 nitrogen and oxygen atoms in total. The molecule has 0 amide bonds. The zero-order valence-electron chi connectivity index (χ0n) is 10.1. The van der Waals surface area contributed by atoms with Gasteiger partial charge in [0.2, 0.25) is 0 Å². The highest BCUT2D eigenvalue weighted by atomic mass is 35.5. The van der Waals surface area contributed by atoms with E-state index in [-0.39, 0.29) is 5.75 Å². The predicted octanol–water partition coefficient (Wildman–Crippen LogP) is 3.69. The van der Waals surface area contributed by atoms with Gasteiger partial charge < -0.3 is 10.2 Å². The van der Waals surface area contributed by atoms with E-state index in [0.29, 0.717) is 16.1 Å². The quantitative estimate of drug-likeness (QED) is 0.886. The number of aliphatic hydroxyl groups is 1. The van der Waals surface area contributed by atoms with E-state index in [4.69, 9.17) is 11.6 Å². The van der Waals surface area contributed by atoms with E-state index in [9.17, 15) is 10.2 Å². The summed E-state index contributed by atoms with van der Waals surface area (Å²) in [5.41, 5.74) is 2.32. The van der Waals surface area contributed by atoms with Crippen LogP contribution in [-0.4, -0.2) is 10.2 Å². The van der Waals surface area contributed by atoms with Gasteiger partial charge in [-0.05, 0) is 41.8 Å². The van der Waals surface area contributed by atoms with Gasteiger partial charge in [0.15, 0.2) is 0 Å². The lowest BCUT2D eigenvalue weighted by molar-refractivity contribution is 0.215. The molecule has 3 heteroatoms. The molecular weight excluding hydrogens is 248 g/mol. The summed E-state index contributed by atoms with van der Waals surface area (Å²) in [6.45, 7) is 2.03. The summed E-state index contributed by atoms with van der Waals surface area (Å²) < 4.78 is 0. The van der Waals surface area contributed by atoms with Crippen LogP contribution < -0.4 is 0 Å². The average Bonchev–Trinajstić information content (AvgIpc) is 2.39. The van der Waals surface area contributed by atoms with E-state index in [2.05, 4.69) is 0 Å². The molecule has 0 radical (unpaired) electrons. The van der Waals surface area contributed by atoms with Crippen molar-refractivity contribution in [3.63, 3.8) is 0 Å². The van der Waals surface area contributed by atoms with E-state index < -0.39 is 6.10 Å². The van der Waals surface area contributed by atoms with Crippen LogP contribution in [0.3, 0.4) is 0 Å². The van der Waals surface area contributed by atoms with Crippen LogP contribution in [0.15, 0.2) is 42.5 Å². The number of rotatable bonds is 3. The Balaban J connectivity index is 2.38. The predicted molar refractivity (Wildman–Crippen MR) is 73.0 cm³/mol. The SMILES string of the molecule is CCc1ccc(O)c([C@@H](O)c2ccc(Cl)cc2)c1. The van der Waals surface area contributed by atoms with Gasteiger partial charge >= 0.3 is 0 Å². The second kappa shape index (κ2) is 5.42. The van der Waals surface area contributed by atoms with Gasteiger partial charge in [-0.2, -0.15) is 0 Å². The highest BCUT2D eigenvalue weighted by Gasteiger charge is 2.14. The van der Waals surface area contributed by atoms with E-state index in [1.165, 1.54) is 0 Å². The van der Waals surface area contributed by atoms with Gasteiger partial charge in [0.1, 0.15) is 11.9 Å². The topological polar surface area (TPSA) is 40.5 Å². The van der Waals surface area contributed by atoms with Gasteiger partial charge in [-0.3, -0.25) is 0 Å². The van der Waals surface area contributed by atoms with Gasteiger partial charge in [-0.25, -0.2) is 0 Å². The molecular formula is C15H15ClO2. The Labute approximate surface area is 111 Å². The molecule has 0 aliphatic heterocycles. The van der Waals surface area contributed by atoms with Gasteiger partial charge in [-0.1, -0.05) is 36.7 Å². The average molecular weight is 263 g/mol. The number of aromatic hydroxyl groups is 1. The Hall–Kier alpha value is -1.51. The molecule has 0 fully saturated rings. The maximum Gasteiger partial charge on any atom is 0.121 e. The molecule has 2 aromatic carbocycles. The van der Waals surface area contributed by atoms with Crippen LogP contribution in [0.5, 0.6) is 5.75 Å². The molecule has 2 aromatic rings. The first-order valence-corrected chi connectivity index (χ1v) is 6.25. The van der Waals surface area contributed by atoms with Crippen molar-refractivity contribution in [1.29, 1.82) is 0 Å². The minimum absolute atomic E-state index is 0.106. The summed E-state index contributed by atoms with van der Waals surface area (Å²) in [6.07, 6.45) is 0.0226. The Bertz CT molecular complexity index is 535. The number of aliphatic hydroxyl groups excluding tert-OH is 1. The Kier molecular flexibility index (Phi) is 3.90. The lowest BCUT2D eigenvalue weighted by Crippen LogP contribution is -2.00. The lowest BCUT2D eigenvalue weighted by atomic mass is 9.98. The fourth-order valence-electron chi connectivity index (χ4n) is 1.87. The maximum absolute atomic E-state index is 10.3. The second-order valence-electron chi connectivity index (χ2n) is 4.20. The van der Waals surface area contributed by atoms with E-state index in [0.717, 1.165) is 12.0 Å². The van der Waals surface area contributed by atoms with Crippen molar-refractivity contribution < 1.29 is 10.2 Å². The fraction of sp³-hybridized carbons (Fsp3) is 0.200. The first-order valence-electron chi connectivity index (χ1n) is 5.87. The maximum atomic E-state index is 10.3. The summed E-state index contributed by atoms with van der Waals surface area (Å²) >= 11 is 5.81. The minimum atomic E-state index is -0.839. The van der Waals surface area contributed by atoms with E-state index >= 15 is 0 Å². The summed E-state index contributed by atoms with van der Waals surface area (Å²) in [7, 11) is 0. The third kappa shape index (κ3) is 2.66. The summed E-state index contributed by atoms with van der Waals surface area (Å²) in [5.74, 6) is 0.106. The minimum Gasteiger partial charge on any atom is -0.508 e. The van der Waals surface area contributed by atoms with Crippen molar-refractivity contribution in [2.24, 2.45) is 0 Å². The van der Waals surface area contributed by atoms with Crippen molar-refractivity contribution in [3.8, 4) is 5.75 Å². The van der Waals surface area contributed by atoms with Crippen molar-refractivity contribution in [2.75, 3.05) is 0 Å². The third-order valence-corrected chi connectivity index (χ3v) is 3.23. The van der Waals surface area contributed by atoms with Crippen molar-refractivity contribution in [3.05, 3.63) is 64.2 Å². The highest BCUT2D eigenvalue weighted by Crippen LogP contribution is 2.30. The van der Waals surface area contributed by atoms with Crippen LogP contribution in [0.1, 0.15) is 29.7 Å². The van der Waals surface area contributed by atoms with Gasteiger partial charge in [0.25, 0.3) is 0 Å². The number of halogens is 1. The second-order valence-corrected chi connectivity index (χ2v) is 4.64. The van der Waals surface area contributed by atoms with Crippen molar-refractivity contribution in [2.45, 2.75) is 19.4 Å². The van der Waals surface area contributed by atoms with Gasteiger partial charge in [-0.15, -0.1) is 0 Å². The van der Waals surface area contributed by atoms with Crippen LogP contribution in [0.4, 0.5) is 0 Å². The standard InChI is InChI=1S/C15H15ClO2/c1-2-10-3-8-14(17)13(9-10)15(18)11-4-6-12(16)7-5-11/h3-9,15,17-18H,2H2,1H3/t15-/m0/s1. The molecule has 2 N–H and O–H groups in total. The molecule has 2 rings (SSSR count). The van der Waals surface area contributed by atoms with Crippen LogP contribution in [0.2, 0.25) is 5.02 Å². The van der Waals surface area contributed by atoms with Crippen molar-refractivity contribution >= 4 is 11.6 Å². The van der Waals surface area contributed by atoms with Crippen molar-refractivity contribution in [1.82, 2.24) is 0 Å². The number of benzene rings is 2. The molecule has 1 atom stereocenters. The molecule has 0 aliphatic carbocycles. The molecule has 0 saturated carbocycles. The van der Waals surface area contributed by atoms with Gasteiger partial charge in [0.05, 0.1) is 0 Å². The Morgan fingerprint density at radius 1 is 1.11 bits per heavy atom. The zero-order valence-corrected chi connectivity index (χ0v) is 10.9. The van der Waals surface area contributed by atoms with Crippen LogP contribution in [0.25, 0.3) is 0 Å². The number of phenols is 1. The molecule has 0 bridgehead atoms. The van der Waals surface area contributed by atoms with Gasteiger partial charge in [0, 0.05) is 10.6 Å². The molecule has 94 valence electrons. The largest absolute Gasteiger partial charge is 0.508 e. The molecule has 0 aliphatic rings. The lowest BCUT2D eigenvalue weighted by Gasteiger charge is -2.14. The highest BCUT2D eigenvalue weighted by molar-refractivity contribution is 6.30. The van der Waals surface area contributed by atoms with Crippen LogP contribution >= 0.6 is 11.6 Å². The molecule has 18 heavy (non-hydrogen) atoms. The first kappa shape index (κ1) is 12.9. The molecule has 0 aromatic heterocycles. The summed E-state index contributed by atoms with van der Waals surface area (Å²) in [6, 6.07) is 12.3. The molecule has 0 saturated heterocycles. The number of hydrogen-bond donors (Lipinski definition) is 2. The summed E-state index contributed by atoms with van der Waals surface area (Å²) in [5, 5.41) is 20.7. The van der Waals surface area contributed by atoms with Crippen LogP contribution in [0, 0.1) is 0 Å². The number of phenolic OH excluding ortho intramolecular Hbond substituents is 1. The zero-order chi connectivity index (χ0) is 13.1. The molecule has 0 heterocycles. The Morgan fingerprint density at radius 2 is 1.78 bits per heavy atom. The third-order valence-electron chi connectivity index (χ3n) is 2.98. The molecule has 0 spiro atoms. The summed E-state index contributed by atoms with van der Waals surface area (Å²) in [4.78, 5) is 0. The smallest absolute Gasteiger partial charge is 0.121 e. The number of aryl methyl sites for hydroxylation is 1. The Morgan fingerprint density at radius 3 is 2.39 bits per heavy atom. The van der Waals surface area contributed by atoms with E-state index in [1.807, 2.05) is 19.1 Å². The van der Waals surface area contributed by atoms with Crippen LogP contribution in [-0.2, 0) is 6.42 Å². The monoisotopic (exact) mass is 262 g/mol. The first-order chi connectivity index (χ1) is 8.61. The van der Waals surface area contributed by atoms with E-state index in [1.54, 1.807) is 30.3 Å². The molecule has 0 unspecified atom stereocenters. The normalized spacial score (nSPS) is 12.4.